The van der Waals surface area contributed by atoms with Gasteiger partial charge in [-0.1, -0.05) is 51.1 Å². The second-order valence-electron chi connectivity index (χ2n) is 17.5. The summed E-state index contributed by atoms with van der Waals surface area (Å²) in [5.41, 5.74) is -1.20. The fourth-order valence-electron chi connectivity index (χ4n) is 9.12. The molecule has 13 nitrogen and oxygen atoms in total. The number of rotatable bonds is 8. The first-order valence-corrected chi connectivity index (χ1v) is 20.1. The molecule has 17 atom stereocenters. The molecule has 0 radical (unpaired) electrons. The third-order valence-electron chi connectivity index (χ3n) is 12.7. The van der Waals surface area contributed by atoms with Crippen LogP contribution in [0, 0.1) is 23.7 Å². The third-order valence-corrected chi connectivity index (χ3v) is 12.7. The van der Waals surface area contributed by atoms with Crippen molar-refractivity contribution >= 4 is 5.97 Å². The van der Waals surface area contributed by atoms with E-state index in [-0.39, 0.29) is 30.4 Å². The van der Waals surface area contributed by atoms with Crippen LogP contribution in [0.25, 0.3) is 0 Å². The lowest BCUT2D eigenvalue weighted by molar-refractivity contribution is -0.319. The van der Waals surface area contributed by atoms with Crippen LogP contribution in [0.1, 0.15) is 86.3 Å². The number of aliphatic hydroxyl groups excluding tert-OH is 3. The van der Waals surface area contributed by atoms with Gasteiger partial charge in [-0.3, -0.25) is 4.79 Å². The Kier molecular flexibility index (Phi) is 16.2. The Morgan fingerprint density at radius 2 is 1.47 bits per heavy atom. The summed E-state index contributed by atoms with van der Waals surface area (Å²) in [6, 6.07) is 9.42. The van der Waals surface area contributed by atoms with Crippen LogP contribution in [0.5, 0.6) is 0 Å². The molecule has 3 saturated heterocycles. The van der Waals surface area contributed by atoms with Crippen molar-refractivity contribution in [2.75, 3.05) is 48.5 Å². The fourth-order valence-corrected chi connectivity index (χ4v) is 9.12. The number of nitrogens with zero attached hydrogens (tertiary/aromatic N) is 2. The number of benzene rings is 1. The van der Waals surface area contributed by atoms with Crippen molar-refractivity contribution in [3.8, 4) is 0 Å². The van der Waals surface area contributed by atoms with E-state index in [1.54, 1.807) is 28.1 Å². The van der Waals surface area contributed by atoms with Gasteiger partial charge in [-0.25, -0.2) is 0 Å². The van der Waals surface area contributed by atoms with E-state index in [0.29, 0.717) is 25.9 Å². The summed E-state index contributed by atoms with van der Waals surface area (Å²) < 4.78 is 45.1. The molecule has 0 unspecified atom stereocenters. The minimum absolute atomic E-state index is 0.133. The predicted octanol–water partition coefficient (Wildman–Crippen LogP) is 4.01. The van der Waals surface area contributed by atoms with Crippen LogP contribution in [-0.4, -0.2) is 152 Å². The Bertz CT molecular complexity index is 1340. The van der Waals surface area contributed by atoms with Crippen molar-refractivity contribution < 1.29 is 53.3 Å². The molecule has 0 amide bonds. The van der Waals surface area contributed by atoms with E-state index in [0.717, 1.165) is 5.56 Å². The number of hydrogen-bond donors (Lipinski definition) is 3. The average Bonchev–Trinajstić information content (AvgIpc) is 3.14. The average molecular weight is 781 g/mol. The topological polar surface area (TPSA) is 149 Å². The second-order valence-corrected chi connectivity index (χ2v) is 17.5. The highest BCUT2D eigenvalue weighted by atomic mass is 16.7. The first-order chi connectivity index (χ1) is 25.7. The highest BCUT2D eigenvalue weighted by Gasteiger charge is 2.52. The molecule has 3 aliphatic heterocycles. The second kappa shape index (κ2) is 19.3. The fraction of sp³-hybridized carbons (Fsp3) is 0.833. The normalized spacial score (nSPS) is 44.7. The summed E-state index contributed by atoms with van der Waals surface area (Å²) in [7, 11) is 8.98. The maximum absolute atomic E-state index is 14.5. The largest absolute Gasteiger partial charge is 0.456 e. The summed E-state index contributed by atoms with van der Waals surface area (Å²) in [6.45, 7) is 16.2. The van der Waals surface area contributed by atoms with Crippen LogP contribution < -0.4 is 0 Å². The number of carbonyl (C=O) groups excluding carboxylic acids is 1. The standard InChI is InChI=1S/C42H72N2O11/c1-24-20-42(8,50-13)38(55-40-35(46)31(43(9)10)19-26(3)51-40)27(4)36(54-33-21-41(7,49-12)37(47)29(6)52-33)28(5)39(48)53-32(30-17-15-14-16-18-30)23-44(11)22-25(2)34(24)45/h14-18,24-29,31-38,40,45-47H,19-23H2,1-13H3/t24-,25-,26-,27+,28-,29+,31+,32-,33+,34+,35-,36+,37+,38-,40+,41-,42+/m1/s1. The summed E-state index contributed by atoms with van der Waals surface area (Å²) >= 11 is 0. The SMILES string of the molecule is CO[C@]1(C)C[C@H](O[C@H]2[C@H](C)[C@@H](O[C@@H]3O[C@H](C)C[C@H](N(C)C)[C@H]3O)[C@@](C)(OC)C[C@@H](C)[C@H](O)[C@H](C)CN(C)C[C@H](c3ccccc3)OC(=O)[C@@H]2C)O[C@@H](C)[C@@H]1O. The molecular weight excluding hydrogens is 708 g/mol. The van der Waals surface area contributed by atoms with E-state index >= 15 is 0 Å². The van der Waals surface area contributed by atoms with Gasteiger partial charge in [-0.2, -0.15) is 0 Å². The molecule has 1 aromatic rings. The van der Waals surface area contributed by atoms with Crippen LogP contribution in [0.15, 0.2) is 30.3 Å². The number of aliphatic hydroxyl groups is 3. The molecule has 4 rings (SSSR count). The monoisotopic (exact) mass is 781 g/mol. The molecule has 0 spiro atoms. The Morgan fingerprint density at radius 1 is 0.836 bits per heavy atom. The zero-order valence-electron chi connectivity index (χ0n) is 35.6. The van der Waals surface area contributed by atoms with Crippen molar-refractivity contribution in [1.82, 2.24) is 9.80 Å². The van der Waals surface area contributed by atoms with Crippen molar-refractivity contribution in [1.29, 1.82) is 0 Å². The Morgan fingerprint density at radius 3 is 2.07 bits per heavy atom. The number of likely N-dealkylation sites (N-methyl/N-ethyl adjacent to an activating group) is 2. The number of esters is 1. The minimum atomic E-state index is -1.07. The van der Waals surface area contributed by atoms with Gasteiger partial charge < -0.3 is 58.3 Å². The molecule has 0 bridgehead atoms. The molecule has 1 aromatic carbocycles. The number of hydrogen-bond acceptors (Lipinski definition) is 13. The van der Waals surface area contributed by atoms with Gasteiger partial charge in [0.2, 0.25) is 0 Å². The quantitative estimate of drug-likeness (QED) is 0.327. The van der Waals surface area contributed by atoms with Gasteiger partial charge in [0, 0.05) is 45.7 Å². The van der Waals surface area contributed by atoms with E-state index in [2.05, 4.69) is 4.90 Å². The molecule has 3 aliphatic rings. The van der Waals surface area contributed by atoms with Gasteiger partial charge in [0.05, 0.1) is 47.6 Å². The molecule has 3 heterocycles. The van der Waals surface area contributed by atoms with Gasteiger partial charge in [0.25, 0.3) is 0 Å². The van der Waals surface area contributed by atoms with Crippen LogP contribution in [-0.2, 0) is 38.0 Å². The molecule has 55 heavy (non-hydrogen) atoms. The zero-order chi connectivity index (χ0) is 41.0. The highest BCUT2D eigenvalue weighted by molar-refractivity contribution is 5.73. The lowest BCUT2D eigenvalue weighted by Crippen LogP contribution is -2.61. The van der Waals surface area contributed by atoms with Crippen molar-refractivity contribution in [2.45, 2.75) is 153 Å². The Hall–Kier alpha value is -1.75. The molecule has 316 valence electrons. The van der Waals surface area contributed by atoms with Gasteiger partial charge >= 0.3 is 5.97 Å². The van der Waals surface area contributed by atoms with E-state index in [9.17, 15) is 20.1 Å². The van der Waals surface area contributed by atoms with Crippen LogP contribution in [0.3, 0.4) is 0 Å². The van der Waals surface area contributed by atoms with E-state index in [1.807, 2.05) is 97.9 Å². The number of carbonyl (C=O) groups is 1. The van der Waals surface area contributed by atoms with Gasteiger partial charge in [-0.15, -0.1) is 0 Å². The molecule has 3 fully saturated rings. The molecule has 3 N–H and O–H groups in total. The number of ether oxygens (including phenoxy) is 7. The van der Waals surface area contributed by atoms with Crippen LogP contribution in [0.4, 0.5) is 0 Å². The van der Waals surface area contributed by atoms with Crippen LogP contribution in [0.2, 0.25) is 0 Å². The first kappa shape index (κ1) is 45.9. The summed E-state index contributed by atoms with van der Waals surface area (Å²) in [5.74, 6) is -2.31. The number of cyclic esters (lactones) is 1. The van der Waals surface area contributed by atoms with E-state index < -0.39 is 84.3 Å². The summed E-state index contributed by atoms with van der Waals surface area (Å²) in [4.78, 5) is 18.6. The zero-order valence-corrected chi connectivity index (χ0v) is 35.6. The molecule has 0 saturated carbocycles. The number of methoxy groups -OCH3 is 2. The van der Waals surface area contributed by atoms with E-state index in [1.165, 1.54) is 0 Å². The van der Waals surface area contributed by atoms with Crippen molar-refractivity contribution in [3.63, 3.8) is 0 Å². The first-order valence-electron chi connectivity index (χ1n) is 20.1. The molecule has 0 aliphatic carbocycles. The highest BCUT2D eigenvalue weighted by Crippen LogP contribution is 2.41. The van der Waals surface area contributed by atoms with Gasteiger partial charge in [0.1, 0.15) is 18.3 Å². The minimum Gasteiger partial charge on any atom is -0.456 e. The molecule has 13 heteroatoms. The van der Waals surface area contributed by atoms with E-state index in [4.69, 9.17) is 33.2 Å². The van der Waals surface area contributed by atoms with Crippen molar-refractivity contribution in [3.05, 3.63) is 35.9 Å². The smallest absolute Gasteiger partial charge is 0.311 e. The summed E-state index contributed by atoms with van der Waals surface area (Å²) in [6.07, 6.45) is -6.48. The van der Waals surface area contributed by atoms with Gasteiger partial charge in [-0.05, 0) is 86.0 Å². The Balaban J connectivity index is 1.85. The summed E-state index contributed by atoms with van der Waals surface area (Å²) in [5, 5.41) is 34.5. The predicted molar refractivity (Wildman–Crippen MR) is 208 cm³/mol. The molecule has 0 aromatic heterocycles. The maximum atomic E-state index is 14.5. The maximum Gasteiger partial charge on any atom is 0.311 e. The van der Waals surface area contributed by atoms with Gasteiger partial charge in [0.15, 0.2) is 12.6 Å². The lowest BCUT2D eigenvalue weighted by Gasteiger charge is -2.49. The lowest BCUT2D eigenvalue weighted by atomic mass is 9.75. The van der Waals surface area contributed by atoms with Crippen molar-refractivity contribution in [2.24, 2.45) is 23.7 Å². The third kappa shape index (κ3) is 10.9. The Labute approximate surface area is 329 Å². The molecular formula is C42H72N2O11. The van der Waals surface area contributed by atoms with Crippen LogP contribution >= 0.6 is 0 Å².